The van der Waals surface area contributed by atoms with E-state index in [2.05, 4.69) is 14.8 Å². The molecule has 3 aromatic rings. The van der Waals surface area contributed by atoms with Gasteiger partial charge in [-0.1, -0.05) is 7.43 Å². The van der Waals surface area contributed by atoms with E-state index in [1.54, 1.807) is 17.6 Å². The van der Waals surface area contributed by atoms with Gasteiger partial charge in [0.15, 0.2) is 5.69 Å². The molecule has 128 valence electrons. The van der Waals surface area contributed by atoms with E-state index in [1.165, 1.54) is 24.5 Å². The summed E-state index contributed by atoms with van der Waals surface area (Å²) in [4.78, 5) is 15.7. The van der Waals surface area contributed by atoms with Gasteiger partial charge in [0.25, 0.3) is 0 Å². The highest BCUT2D eigenvalue weighted by Gasteiger charge is 2.41. The maximum atomic E-state index is 13.5. The zero-order valence-corrected chi connectivity index (χ0v) is 12.6. The molecule has 0 unspecified atom stereocenters. The average molecular weight is 357 g/mol. The minimum absolute atomic E-state index is 0. The van der Waals surface area contributed by atoms with Crippen molar-refractivity contribution < 1.29 is 22.7 Å². The number of nitrogens with zero attached hydrogens (tertiary/aromatic N) is 3. The van der Waals surface area contributed by atoms with Crippen molar-refractivity contribution in [3.05, 3.63) is 41.3 Å². The van der Waals surface area contributed by atoms with E-state index in [9.17, 15) is 18.0 Å². The second kappa shape index (κ2) is 6.60. The number of aromatic nitrogens is 3. The van der Waals surface area contributed by atoms with Gasteiger partial charge in [-0.3, -0.25) is 4.98 Å². The van der Waals surface area contributed by atoms with E-state index in [0.717, 1.165) is 10.9 Å². The molecule has 0 atom stereocenters. The predicted molar refractivity (Wildman–Crippen MR) is 84.4 cm³/mol. The van der Waals surface area contributed by atoms with Crippen LogP contribution in [0.3, 0.4) is 0 Å². The van der Waals surface area contributed by atoms with Crippen LogP contribution in [-0.4, -0.2) is 27.3 Å². The monoisotopic (exact) mass is 357 g/mol. The highest BCUT2D eigenvalue weighted by Crippen LogP contribution is 2.35. The fraction of sp³-hybridized carbons (Fsp3) is 0.267. The number of esters is 1. The normalized spacial score (nSPS) is 11.3. The molecule has 0 saturated heterocycles. The summed E-state index contributed by atoms with van der Waals surface area (Å²) >= 11 is 1.35. The molecule has 0 aliphatic rings. The molecule has 3 aromatic heterocycles. The maximum absolute atomic E-state index is 13.5. The highest BCUT2D eigenvalue weighted by atomic mass is 32.1. The summed E-state index contributed by atoms with van der Waals surface area (Å²) in [5, 5.41) is 6.07. The molecule has 3 rings (SSSR count). The van der Waals surface area contributed by atoms with Gasteiger partial charge >= 0.3 is 12.1 Å². The number of alkyl halides is 3. The lowest BCUT2D eigenvalue weighted by Crippen LogP contribution is -2.18. The lowest BCUT2D eigenvalue weighted by Gasteiger charge is -2.12. The van der Waals surface area contributed by atoms with Gasteiger partial charge in [-0.2, -0.15) is 18.3 Å². The maximum Gasteiger partial charge on any atom is 0.434 e. The quantitative estimate of drug-likeness (QED) is 0.655. The molecule has 0 fully saturated rings. The number of carbonyl (C=O) groups excluding carboxylic acids is 1. The fourth-order valence-corrected chi connectivity index (χ4v) is 2.98. The summed E-state index contributed by atoms with van der Waals surface area (Å²) in [7, 11) is 0. The van der Waals surface area contributed by atoms with E-state index in [1.807, 2.05) is 0 Å². The van der Waals surface area contributed by atoms with Gasteiger partial charge in [-0.25, -0.2) is 9.48 Å². The largest absolute Gasteiger partial charge is 0.462 e. The molecule has 0 bridgehead atoms. The third-order valence-electron chi connectivity index (χ3n) is 3.12. The van der Waals surface area contributed by atoms with Crippen molar-refractivity contribution in [2.24, 2.45) is 0 Å². The molecule has 0 spiro atoms. The Bertz CT molecular complexity index is 870. The first kappa shape index (κ1) is 17.9. The van der Waals surface area contributed by atoms with Crippen LogP contribution in [0.25, 0.3) is 15.8 Å². The Morgan fingerprint density at radius 3 is 2.75 bits per heavy atom. The molecule has 24 heavy (non-hydrogen) atoms. The van der Waals surface area contributed by atoms with E-state index >= 15 is 0 Å². The van der Waals surface area contributed by atoms with Crippen molar-refractivity contribution >= 4 is 27.4 Å². The standard InChI is InChI=1S/C14H10F3N3O2S.CH4/c1-2-22-13(21)9-5-19-20(12(9)14(15,16)17)10-6-18-7-11-8(10)3-4-23-11;/h3-7H,2H2,1H3;1H4. The number of hydrogen-bond acceptors (Lipinski definition) is 5. The number of rotatable bonds is 3. The van der Waals surface area contributed by atoms with Gasteiger partial charge in [-0.15, -0.1) is 11.3 Å². The molecular formula is C15H14F3N3O2S. The molecule has 0 N–H and O–H groups in total. The molecule has 9 heteroatoms. The van der Waals surface area contributed by atoms with Crippen LogP contribution in [0, 0.1) is 0 Å². The average Bonchev–Trinajstić information content (AvgIpc) is 3.13. The summed E-state index contributed by atoms with van der Waals surface area (Å²) in [5.41, 5.74) is -1.63. The summed E-state index contributed by atoms with van der Waals surface area (Å²) < 4.78 is 46.5. The number of ether oxygens (including phenoxy) is 1. The van der Waals surface area contributed by atoms with E-state index < -0.39 is 23.4 Å². The molecular weight excluding hydrogens is 343 g/mol. The van der Waals surface area contributed by atoms with Crippen molar-refractivity contribution in [1.29, 1.82) is 0 Å². The second-order valence-electron chi connectivity index (χ2n) is 4.53. The Morgan fingerprint density at radius 1 is 1.33 bits per heavy atom. The van der Waals surface area contributed by atoms with E-state index in [0.29, 0.717) is 10.1 Å². The third-order valence-corrected chi connectivity index (χ3v) is 3.97. The van der Waals surface area contributed by atoms with Gasteiger partial charge in [0.2, 0.25) is 0 Å². The first-order valence-corrected chi connectivity index (χ1v) is 7.45. The molecule has 0 aromatic carbocycles. The number of halogens is 3. The summed E-state index contributed by atoms with van der Waals surface area (Å²) in [6, 6.07) is 1.68. The van der Waals surface area contributed by atoms with Crippen LogP contribution in [0.2, 0.25) is 0 Å². The molecule has 0 saturated carbocycles. The van der Waals surface area contributed by atoms with E-state index in [-0.39, 0.29) is 19.7 Å². The van der Waals surface area contributed by atoms with Crippen LogP contribution in [0.15, 0.2) is 30.0 Å². The Kier molecular flexibility index (Phi) is 4.93. The fourth-order valence-electron chi connectivity index (χ4n) is 2.21. The minimum Gasteiger partial charge on any atom is -0.462 e. The Balaban J connectivity index is 0.00000208. The van der Waals surface area contributed by atoms with Gasteiger partial charge in [0.05, 0.1) is 29.4 Å². The smallest absolute Gasteiger partial charge is 0.434 e. The Morgan fingerprint density at radius 2 is 2.08 bits per heavy atom. The number of hydrogen-bond donors (Lipinski definition) is 0. The second-order valence-corrected chi connectivity index (χ2v) is 5.48. The number of pyridine rings is 1. The summed E-state index contributed by atoms with van der Waals surface area (Å²) in [6.45, 7) is 1.49. The molecule has 0 aliphatic carbocycles. The highest BCUT2D eigenvalue weighted by molar-refractivity contribution is 7.17. The van der Waals surface area contributed by atoms with Gasteiger partial charge in [-0.05, 0) is 18.4 Å². The van der Waals surface area contributed by atoms with Crippen molar-refractivity contribution in [2.45, 2.75) is 20.5 Å². The van der Waals surface area contributed by atoms with Crippen LogP contribution >= 0.6 is 11.3 Å². The number of carbonyl (C=O) groups is 1. The van der Waals surface area contributed by atoms with Crippen molar-refractivity contribution in [3.8, 4) is 5.69 Å². The van der Waals surface area contributed by atoms with Gasteiger partial charge < -0.3 is 4.74 Å². The first-order chi connectivity index (χ1) is 10.9. The van der Waals surface area contributed by atoms with Crippen LogP contribution in [0.1, 0.15) is 30.4 Å². The topological polar surface area (TPSA) is 57.0 Å². The number of thiophene rings is 1. The zero-order chi connectivity index (χ0) is 16.6. The zero-order valence-electron chi connectivity index (χ0n) is 11.8. The summed E-state index contributed by atoms with van der Waals surface area (Å²) in [6.07, 6.45) is -1.05. The van der Waals surface area contributed by atoms with Crippen LogP contribution in [0.5, 0.6) is 0 Å². The lowest BCUT2D eigenvalue weighted by atomic mass is 10.2. The van der Waals surface area contributed by atoms with Gasteiger partial charge in [0, 0.05) is 11.6 Å². The first-order valence-electron chi connectivity index (χ1n) is 6.57. The van der Waals surface area contributed by atoms with Crippen molar-refractivity contribution in [3.63, 3.8) is 0 Å². The molecule has 3 heterocycles. The van der Waals surface area contributed by atoms with Gasteiger partial charge in [0.1, 0.15) is 5.56 Å². The predicted octanol–water partition coefficient (Wildman–Crippen LogP) is 4.31. The molecule has 5 nitrogen and oxygen atoms in total. The Labute approximate surface area is 139 Å². The van der Waals surface area contributed by atoms with Crippen LogP contribution in [0.4, 0.5) is 13.2 Å². The molecule has 0 radical (unpaired) electrons. The summed E-state index contributed by atoms with van der Waals surface area (Å²) in [5.74, 6) is -1.06. The van der Waals surface area contributed by atoms with Crippen molar-refractivity contribution in [1.82, 2.24) is 14.8 Å². The molecule has 0 amide bonds. The Hall–Kier alpha value is -2.42. The third kappa shape index (κ3) is 2.99. The van der Waals surface area contributed by atoms with Crippen LogP contribution < -0.4 is 0 Å². The van der Waals surface area contributed by atoms with Crippen molar-refractivity contribution in [2.75, 3.05) is 6.61 Å². The minimum atomic E-state index is -4.77. The number of fused-ring (bicyclic) bond motifs is 1. The lowest BCUT2D eigenvalue weighted by molar-refractivity contribution is -0.143. The SMILES string of the molecule is C.CCOC(=O)c1cnn(-c2cncc3sccc23)c1C(F)(F)F. The van der Waals surface area contributed by atoms with Crippen LogP contribution in [-0.2, 0) is 10.9 Å². The molecule has 0 aliphatic heterocycles. The van der Waals surface area contributed by atoms with E-state index in [4.69, 9.17) is 0 Å².